The quantitative estimate of drug-likeness (QED) is 0.589. The SMILES string of the molecule is NC(=O)COc1cccc(C(=O)NCCC(c2ccccc2)c2ccccc2)c1. The lowest BCUT2D eigenvalue weighted by molar-refractivity contribution is -0.119. The number of hydrogen-bond acceptors (Lipinski definition) is 3. The van der Waals surface area contributed by atoms with Crippen molar-refractivity contribution >= 4 is 11.8 Å². The fourth-order valence-corrected chi connectivity index (χ4v) is 3.21. The second kappa shape index (κ2) is 10.1. The van der Waals surface area contributed by atoms with Crippen molar-refractivity contribution in [3.05, 3.63) is 102 Å². The molecule has 0 aliphatic carbocycles. The first kappa shape index (κ1) is 20.1. The molecule has 2 amide bonds. The molecule has 148 valence electrons. The molecular weight excluding hydrogens is 364 g/mol. The van der Waals surface area contributed by atoms with Crippen LogP contribution in [0, 0.1) is 0 Å². The fraction of sp³-hybridized carbons (Fsp3) is 0.167. The van der Waals surface area contributed by atoms with Gasteiger partial charge in [-0.15, -0.1) is 0 Å². The molecule has 0 bridgehead atoms. The van der Waals surface area contributed by atoms with Crippen LogP contribution >= 0.6 is 0 Å². The number of nitrogens with one attached hydrogen (secondary N) is 1. The molecule has 3 aromatic rings. The summed E-state index contributed by atoms with van der Waals surface area (Å²) in [6.45, 7) is 0.306. The maximum atomic E-state index is 12.5. The molecule has 5 heteroatoms. The van der Waals surface area contributed by atoms with Crippen LogP contribution in [0.3, 0.4) is 0 Å². The standard InChI is InChI=1S/C24H24N2O3/c25-23(27)17-29-21-13-7-12-20(16-21)24(28)26-15-14-22(18-8-3-1-4-9-18)19-10-5-2-6-11-19/h1-13,16,22H,14-15,17H2,(H2,25,27)(H,26,28). The van der Waals surface area contributed by atoms with Gasteiger partial charge in [0.25, 0.3) is 11.8 Å². The first-order chi connectivity index (χ1) is 14.1. The third-order valence-electron chi connectivity index (χ3n) is 4.60. The average Bonchev–Trinajstić information content (AvgIpc) is 2.76. The topological polar surface area (TPSA) is 81.4 Å². The summed E-state index contributed by atoms with van der Waals surface area (Å²) < 4.78 is 5.26. The van der Waals surface area contributed by atoms with Crippen LogP contribution in [0.4, 0.5) is 0 Å². The lowest BCUT2D eigenvalue weighted by Gasteiger charge is -2.18. The van der Waals surface area contributed by atoms with Crippen molar-refractivity contribution in [1.82, 2.24) is 5.32 Å². The Morgan fingerprint density at radius 2 is 1.48 bits per heavy atom. The summed E-state index contributed by atoms with van der Waals surface area (Å²) in [4.78, 5) is 23.4. The Labute approximate surface area is 170 Å². The summed E-state index contributed by atoms with van der Waals surface area (Å²) in [5, 5.41) is 2.97. The molecule has 0 fully saturated rings. The minimum Gasteiger partial charge on any atom is -0.484 e. The minimum absolute atomic E-state index is 0.186. The van der Waals surface area contributed by atoms with Gasteiger partial charge in [0.2, 0.25) is 0 Å². The summed E-state index contributed by atoms with van der Waals surface area (Å²) in [6, 6.07) is 27.3. The number of rotatable bonds is 9. The summed E-state index contributed by atoms with van der Waals surface area (Å²) in [6.07, 6.45) is 0.775. The highest BCUT2D eigenvalue weighted by Crippen LogP contribution is 2.27. The molecule has 5 nitrogen and oxygen atoms in total. The molecule has 0 saturated heterocycles. The average molecular weight is 388 g/mol. The molecule has 0 aromatic heterocycles. The van der Waals surface area contributed by atoms with E-state index in [2.05, 4.69) is 29.6 Å². The highest BCUT2D eigenvalue weighted by molar-refractivity contribution is 5.94. The van der Waals surface area contributed by atoms with E-state index in [-0.39, 0.29) is 18.4 Å². The second-order valence-corrected chi connectivity index (χ2v) is 6.70. The molecule has 0 heterocycles. The minimum atomic E-state index is -0.562. The van der Waals surface area contributed by atoms with Crippen molar-refractivity contribution in [3.63, 3.8) is 0 Å². The van der Waals surface area contributed by atoms with E-state index in [1.54, 1.807) is 24.3 Å². The van der Waals surface area contributed by atoms with Gasteiger partial charge in [-0.05, 0) is 35.7 Å². The molecular formula is C24H24N2O3. The van der Waals surface area contributed by atoms with Crippen molar-refractivity contribution < 1.29 is 14.3 Å². The maximum absolute atomic E-state index is 12.5. The molecule has 0 spiro atoms. The van der Waals surface area contributed by atoms with Crippen LogP contribution in [0.15, 0.2) is 84.9 Å². The number of nitrogens with two attached hydrogens (primary N) is 1. The third-order valence-corrected chi connectivity index (χ3v) is 4.60. The Hall–Kier alpha value is -3.60. The maximum Gasteiger partial charge on any atom is 0.255 e. The fourth-order valence-electron chi connectivity index (χ4n) is 3.21. The molecule has 29 heavy (non-hydrogen) atoms. The molecule has 0 atom stereocenters. The number of hydrogen-bond donors (Lipinski definition) is 2. The zero-order chi connectivity index (χ0) is 20.5. The van der Waals surface area contributed by atoms with Crippen molar-refractivity contribution in [2.45, 2.75) is 12.3 Å². The highest BCUT2D eigenvalue weighted by atomic mass is 16.5. The molecule has 0 aliphatic heterocycles. The van der Waals surface area contributed by atoms with Crippen LogP contribution in [0.5, 0.6) is 5.75 Å². The monoisotopic (exact) mass is 388 g/mol. The number of ether oxygens (including phenoxy) is 1. The van der Waals surface area contributed by atoms with Crippen LogP contribution in [0.1, 0.15) is 33.8 Å². The van der Waals surface area contributed by atoms with Gasteiger partial charge in [-0.3, -0.25) is 9.59 Å². The Morgan fingerprint density at radius 3 is 2.07 bits per heavy atom. The smallest absolute Gasteiger partial charge is 0.255 e. The normalized spacial score (nSPS) is 10.5. The van der Waals surface area contributed by atoms with Crippen LogP contribution < -0.4 is 15.8 Å². The van der Waals surface area contributed by atoms with E-state index in [0.717, 1.165) is 6.42 Å². The molecule has 0 unspecified atom stereocenters. The largest absolute Gasteiger partial charge is 0.484 e. The number of carbonyl (C=O) groups excluding carboxylic acids is 2. The van der Waals surface area contributed by atoms with E-state index in [1.807, 2.05) is 36.4 Å². The van der Waals surface area contributed by atoms with Crippen molar-refractivity contribution in [2.24, 2.45) is 5.73 Å². The molecule has 3 N–H and O–H groups in total. The van der Waals surface area contributed by atoms with Gasteiger partial charge < -0.3 is 15.8 Å². The van der Waals surface area contributed by atoms with Gasteiger partial charge in [-0.25, -0.2) is 0 Å². The van der Waals surface area contributed by atoms with E-state index < -0.39 is 5.91 Å². The van der Waals surface area contributed by atoms with E-state index >= 15 is 0 Å². The summed E-state index contributed by atoms with van der Waals surface area (Å²) in [7, 11) is 0. The zero-order valence-corrected chi connectivity index (χ0v) is 16.1. The lowest BCUT2D eigenvalue weighted by Crippen LogP contribution is -2.26. The van der Waals surface area contributed by atoms with Crippen LogP contribution in [-0.2, 0) is 4.79 Å². The Balaban J connectivity index is 1.63. The predicted molar refractivity (Wildman–Crippen MR) is 113 cm³/mol. The number of primary amides is 1. The molecule has 0 saturated carbocycles. The third kappa shape index (κ3) is 5.94. The van der Waals surface area contributed by atoms with E-state index in [9.17, 15) is 9.59 Å². The molecule has 3 rings (SSSR count). The van der Waals surface area contributed by atoms with Gasteiger partial charge in [0.05, 0.1) is 0 Å². The Morgan fingerprint density at radius 1 is 0.862 bits per heavy atom. The van der Waals surface area contributed by atoms with Crippen molar-refractivity contribution in [2.75, 3.05) is 13.2 Å². The van der Waals surface area contributed by atoms with Crippen LogP contribution in [0.25, 0.3) is 0 Å². The Kier molecular flexibility index (Phi) is 7.00. The number of benzene rings is 3. The van der Waals surface area contributed by atoms with E-state index in [0.29, 0.717) is 17.9 Å². The van der Waals surface area contributed by atoms with Gasteiger partial charge in [0.15, 0.2) is 6.61 Å². The van der Waals surface area contributed by atoms with Gasteiger partial charge >= 0.3 is 0 Å². The summed E-state index contributed by atoms with van der Waals surface area (Å²) in [5.74, 6) is -0.118. The first-order valence-electron chi connectivity index (χ1n) is 9.53. The second-order valence-electron chi connectivity index (χ2n) is 6.70. The van der Waals surface area contributed by atoms with Gasteiger partial charge in [-0.2, -0.15) is 0 Å². The first-order valence-corrected chi connectivity index (χ1v) is 9.53. The zero-order valence-electron chi connectivity index (χ0n) is 16.1. The Bertz CT molecular complexity index is 903. The van der Waals surface area contributed by atoms with Crippen LogP contribution in [-0.4, -0.2) is 25.0 Å². The summed E-state index contributed by atoms with van der Waals surface area (Å²) >= 11 is 0. The van der Waals surface area contributed by atoms with Gasteiger partial charge in [0.1, 0.15) is 5.75 Å². The highest BCUT2D eigenvalue weighted by Gasteiger charge is 2.14. The van der Waals surface area contributed by atoms with Crippen molar-refractivity contribution in [1.29, 1.82) is 0 Å². The molecule has 0 radical (unpaired) electrons. The predicted octanol–water partition coefficient (Wildman–Crippen LogP) is 3.50. The van der Waals surface area contributed by atoms with Crippen LogP contribution in [0.2, 0.25) is 0 Å². The lowest BCUT2D eigenvalue weighted by atomic mass is 9.88. The molecule has 3 aromatic carbocycles. The number of amides is 2. The number of carbonyl (C=O) groups is 2. The summed E-state index contributed by atoms with van der Waals surface area (Å²) in [5.41, 5.74) is 7.99. The van der Waals surface area contributed by atoms with E-state index in [1.165, 1.54) is 11.1 Å². The van der Waals surface area contributed by atoms with E-state index in [4.69, 9.17) is 10.5 Å². The van der Waals surface area contributed by atoms with Gasteiger partial charge in [0, 0.05) is 18.0 Å². The van der Waals surface area contributed by atoms with Gasteiger partial charge in [-0.1, -0.05) is 66.7 Å². The van der Waals surface area contributed by atoms with Crippen molar-refractivity contribution in [3.8, 4) is 5.75 Å². The molecule has 0 aliphatic rings.